The quantitative estimate of drug-likeness (QED) is 0.521. The van der Waals surface area contributed by atoms with E-state index < -0.39 is 29.4 Å². The van der Waals surface area contributed by atoms with Crippen molar-refractivity contribution < 1.29 is 27.5 Å². The van der Waals surface area contributed by atoms with Crippen molar-refractivity contribution >= 4 is 23.1 Å². The molecule has 1 aliphatic carbocycles. The molecule has 2 aromatic rings. The molecule has 0 bridgehead atoms. The van der Waals surface area contributed by atoms with Crippen molar-refractivity contribution in [1.29, 1.82) is 0 Å². The number of hydrogen-bond donors (Lipinski definition) is 2. The lowest BCUT2D eigenvalue weighted by Gasteiger charge is -2.37. The zero-order valence-electron chi connectivity index (χ0n) is 16.6. The van der Waals surface area contributed by atoms with E-state index in [9.17, 15) is 27.5 Å². The first-order valence-electron chi connectivity index (χ1n) is 9.91. The molecule has 4 rings (SSSR count). The number of carbonyl (C=O) groups is 1. The predicted octanol–water partition coefficient (Wildman–Crippen LogP) is 6.34. The summed E-state index contributed by atoms with van der Waals surface area (Å²) in [5.41, 5.74) is 0.325. The molecule has 1 spiro atoms. The third-order valence-corrected chi connectivity index (χ3v) is 6.56. The van der Waals surface area contributed by atoms with E-state index in [2.05, 4.69) is 5.32 Å². The fourth-order valence-corrected chi connectivity index (χ4v) is 4.65. The van der Waals surface area contributed by atoms with Gasteiger partial charge >= 0.3 is 6.18 Å². The van der Waals surface area contributed by atoms with Crippen LogP contribution in [0.5, 0.6) is 0 Å². The molecular formula is C23H20ClF4NO2. The highest BCUT2D eigenvalue weighted by molar-refractivity contribution is 6.30. The minimum absolute atomic E-state index is 0.0114. The van der Waals surface area contributed by atoms with Gasteiger partial charge < -0.3 is 10.4 Å². The molecule has 1 aliphatic heterocycles. The molecular weight excluding hydrogens is 434 g/mol. The molecule has 1 fully saturated rings. The maximum absolute atomic E-state index is 14.7. The summed E-state index contributed by atoms with van der Waals surface area (Å²) in [6.45, 7) is 1.61. The molecule has 1 heterocycles. The van der Waals surface area contributed by atoms with Crippen LogP contribution in [0.3, 0.4) is 0 Å². The van der Waals surface area contributed by atoms with Gasteiger partial charge in [0.1, 0.15) is 11.6 Å². The van der Waals surface area contributed by atoms with E-state index in [4.69, 9.17) is 11.6 Å². The van der Waals surface area contributed by atoms with Crippen molar-refractivity contribution in [2.75, 3.05) is 0 Å². The molecule has 0 radical (unpaired) electrons. The fraction of sp³-hybridized carbons (Fsp3) is 0.348. The summed E-state index contributed by atoms with van der Waals surface area (Å²) in [5, 5.41) is 14.2. The topological polar surface area (TPSA) is 49.3 Å². The highest BCUT2D eigenvalue weighted by Gasteiger charge is 2.52. The van der Waals surface area contributed by atoms with Gasteiger partial charge in [-0.25, -0.2) is 4.39 Å². The van der Waals surface area contributed by atoms with Gasteiger partial charge in [0, 0.05) is 10.6 Å². The van der Waals surface area contributed by atoms with Crippen LogP contribution in [0.25, 0.3) is 16.7 Å². The van der Waals surface area contributed by atoms with Gasteiger partial charge in [-0.15, -0.1) is 0 Å². The average Bonchev–Trinajstić information content (AvgIpc) is 2.92. The lowest BCUT2D eigenvalue weighted by molar-refractivity contribution is -0.184. The van der Waals surface area contributed by atoms with Gasteiger partial charge in [0.05, 0.1) is 17.0 Å². The number of rotatable bonds is 2. The number of nitrogens with one attached hydrogen (secondary N) is 1. The monoisotopic (exact) mass is 453 g/mol. The van der Waals surface area contributed by atoms with Crippen molar-refractivity contribution in [3.63, 3.8) is 0 Å². The second-order valence-electron chi connectivity index (χ2n) is 8.23. The number of aryl methyl sites for hydroxylation is 1. The van der Waals surface area contributed by atoms with E-state index in [0.29, 0.717) is 21.7 Å². The molecule has 3 nitrogen and oxygen atoms in total. The Bertz CT molecular complexity index is 1070. The van der Waals surface area contributed by atoms with Crippen molar-refractivity contribution in [3.8, 4) is 11.1 Å². The Morgan fingerprint density at radius 3 is 2.29 bits per heavy atom. The fourth-order valence-electron chi connectivity index (χ4n) is 4.53. The molecule has 0 saturated heterocycles. The van der Waals surface area contributed by atoms with Crippen LogP contribution in [0.4, 0.5) is 17.6 Å². The van der Waals surface area contributed by atoms with Crippen LogP contribution in [0, 0.1) is 18.7 Å². The Labute approximate surface area is 181 Å². The number of benzene rings is 2. The standard InChI is InChI=1S/C23H20ClF4NO2/c1-12-10-18(25)17(13-2-4-15(24)5-3-13)11-16(12)19-20(30)22(29-21(19)31)8-6-14(7-9-22)23(26,27)28/h2-5,10-11,14,30H,6-9H2,1H3,(H,29,31). The van der Waals surface area contributed by atoms with Crippen LogP contribution < -0.4 is 5.32 Å². The Morgan fingerprint density at radius 1 is 1.10 bits per heavy atom. The van der Waals surface area contributed by atoms with Crippen LogP contribution >= 0.6 is 11.6 Å². The van der Waals surface area contributed by atoms with Gasteiger partial charge in [0.15, 0.2) is 0 Å². The first-order chi connectivity index (χ1) is 14.5. The summed E-state index contributed by atoms with van der Waals surface area (Å²) in [7, 11) is 0. The number of halogens is 5. The van der Waals surface area contributed by atoms with Crippen molar-refractivity contribution in [1.82, 2.24) is 5.32 Å². The van der Waals surface area contributed by atoms with Crippen LogP contribution in [-0.2, 0) is 4.79 Å². The number of carbonyl (C=O) groups excluding carboxylic acids is 1. The molecule has 1 amide bonds. The smallest absolute Gasteiger partial charge is 0.391 e. The van der Waals surface area contributed by atoms with E-state index >= 15 is 0 Å². The highest BCUT2D eigenvalue weighted by Crippen LogP contribution is 2.47. The van der Waals surface area contributed by atoms with Gasteiger partial charge in [-0.2, -0.15) is 13.2 Å². The van der Waals surface area contributed by atoms with Gasteiger partial charge in [-0.1, -0.05) is 23.7 Å². The first-order valence-corrected chi connectivity index (χ1v) is 10.3. The van der Waals surface area contributed by atoms with E-state index in [-0.39, 0.29) is 42.6 Å². The largest absolute Gasteiger partial charge is 0.509 e. The number of alkyl halides is 3. The van der Waals surface area contributed by atoms with Crippen molar-refractivity contribution in [2.45, 2.75) is 44.3 Å². The second kappa shape index (κ2) is 7.55. The maximum Gasteiger partial charge on any atom is 0.391 e. The summed E-state index contributed by atoms with van der Waals surface area (Å²) in [6.07, 6.45) is -4.68. The summed E-state index contributed by atoms with van der Waals surface area (Å²) in [6, 6.07) is 9.27. The van der Waals surface area contributed by atoms with Crippen LogP contribution in [0.15, 0.2) is 42.2 Å². The Hall–Kier alpha value is -2.54. The van der Waals surface area contributed by atoms with Crippen LogP contribution in [0.1, 0.15) is 36.8 Å². The molecule has 8 heteroatoms. The third-order valence-electron chi connectivity index (χ3n) is 6.31. The zero-order valence-corrected chi connectivity index (χ0v) is 17.4. The SMILES string of the molecule is Cc1cc(F)c(-c2ccc(Cl)cc2)cc1C1=C(O)C2(CCC(C(F)(F)F)CC2)NC1=O. The Kier molecular flexibility index (Phi) is 5.28. The van der Waals surface area contributed by atoms with Gasteiger partial charge in [0.2, 0.25) is 0 Å². The summed E-state index contributed by atoms with van der Waals surface area (Å²) >= 11 is 5.90. The summed E-state index contributed by atoms with van der Waals surface area (Å²) in [5.74, 6) is -2.78. The summed E-state index contributed by atoms with van der Waals surface area (Å²) < 4.78 is 53.8. The van der Waals surface area contributed by atoms with E-state index in [1.165, 1.54) is 12.1 Å². The minimum Gasteiger partial charge on any atom is -0.509 e. The second-order valence-corrected chi connectivity index (χ2v) is 8.67. The number of aliphatic hydroxyl groups excluding tert-OH is 1. The molecule has 2 aromatic carbocycles. The molecule has 31 heavy (non-hydrogen) atoms. The van der Waals surface area contributed by atoms with Crippen LogP contribution in [-0.4, -0.2) is 22.7 Å². The molecule has 164 valence electrons. The van der Waals surface area contributed by atoms with Gasteiger partial charge in [-0.3, -0.25) is 4.79 Å². The zero-order chi connectivity index (χ0) is 22.6. The Balaban J connectivity index is 1.74. The Morgan fingerprint density at radius 2 is 1.71 bits per heavy atom. The van der Waals surface area contributed by atoms with Crippen molar-refractivity contribution in [2.24, 2.45) is 5.92 Å². The molecule has 2 aliphatic rings. The lowest BCUT2D eigenvalue weighted by Crippen LogP contribution is -2.48. The minimum atomic E-state index is -4.30. The summed E-state index contributed by atoms with van der Waals surface area (Å²) in [4.78, 5) is 12.8. The van der Waals surface area contributed by atoms with Gasteiger partial charge in [0.25, 0.3) is 5.91 Å². The first kappa shape index (κ1) is 21.7. The molecule has 2 N–H and O–H groups in total. The average molecular weight is 454 g/mol. The molecule has 0 unspecified atom stereocenters. The van der Waals surface area contributed by atoms with E-state index in [1.807, 2.05) is 0 Å². The third kappa shape index (κ3) is 3.80. The normalized spacial score (nSPS) is 24.1. The maximum atomic E-state index is 14.7. The van der Waals surface area contributed by atoms with Crippen molar-refractivity contribution in [3.05, 3.63) is 64.1 Å². The number of aliphatic hydroxyl groups is 1. The highest BCUT2D eigenvalue weighted by atomic mass is 35.5. The molecule has 1 saturated carbocycles. The number of amides is 1. The molecule has 0 aromatic heterocycles. The van der Waals surface area contributed by atoms with Gasteiger partial charge in [-0.05, 0) is 73.6 Å². The predicted molar refractivity (Wildman–Crippen MR) is 110 cm³/mol. The van der Waals surface area contributed by atoms with E-state index in [0.717, 1.165) is 0 Å². The lowest BCUT2D eigenvalue weighted by atomic mass is 9.75. The van der Waals surface area contributed by atoms with E-state index in [1.54, 1.807) is 31.2 Å². The molecule has 0 atom stereocenters. The van der Waals surface area contributed by atoms with Crippen LogP contribution in [0.2, 0.25) is 5.02 Å². The number of hydrogen-bond acceptors (Lipinski definition) is 2.